The Hall–Kier alpha value is -1.36. The van der Waals surface area contributed by atoms with Crippen molar-refractivity contribution >= 4 is 27.7 Å². The first-order chi connectivity index (χ1) is 9.91. The lowest BCUT2D eigenvalue weighted by molar-refractivity contribution is -0.135. The molecule has 0 atom stereocenters. The highest BCUT2D eigenvalue weighted by Crippen LogP contribution is 2.21. The Morgan fingerprint density at radius 3 is 2.24 bits per heavy atom. The molecule has 0 saturated carbocycles. The fourth-order valence-corrected chi connectivity index (χ4v) is 2.87. The van der Waals surface area contributed by atoms with Gasteiger partial charge in [-0.3, -0.25) is 9.59 Å². The third kappa shape index (κ3) is 3.46. The van der Waals surface area contributed by atoms with E-state index in [4.69, 9.17) is 0 Å². The molecule has 0 N–H and O–H groups in total. The minimum atomic E-state index is 0.0135. The molecule has 2 amide bonds. The lowest BCUT2D eigenvalue weighted by atomic mass is 10.1. The highest BCUT2D eigenvalue weighted by molar-refractivity contribution is 9.10. The van der Waals surface area contributed by atoms with Crippen molar-refractivity contribution in [1.29, 1.82) is 0 Å². The molecule has 0 radical (unpaired) electrons. The second-order valence-corrected chi connectivity index (χ2v) is 6.54. The molecule has 0 spiro atoms. The second kappa shape index (κ2) is 6.60. The zero-order valence-corrected chi connectivity index (χ0v) is 14.3. The third-order valence-corrected chi connectivity index (χ3v) is 4.73. The summed E-state index contributed by atoms with van der Waals surface area (Å²) in [5, 5.41) is 0. The summed E-state index contributed by atoms with van der Waals surface area (Å²) in [5.74, 6) is 0.228. The van der Waals surface area contributed by atoms with E-state index in [1.807, 2.05) is 48.8 Å². The van der Waals surface area contributed by atoms with Gasteiger partial charge in [-0.05, 0) is 24.6 Å². The fourth-order valence-electron chi connectivity index (χ4n) is 2.50. The molecule has 1 heterocycles. The summed E-state index contributed by atoms with van der Waals surface area (Å²) < 4.78 is 0.946. The van der Waals surface area contributed by atoms with Gasteiger partial charge in [-0.1, -0.05) is 35.8 Å². The van der Waals surface area contributed by atoms with Crippen molar-refractivity contribution in [3.05, 3.63) is 33.8 Å². The van der Waals surface area contributed by atoms with Gasteiger partial charge in [-0.15, -0.1) is 0 Å². The second-order valence-electron chi connectivity index (χ2n) is 5.68. The van der Waals surface area contributed by atoms with Crippen LogP contribution in [0.1, 0.15) is 29.8 Å². The SMILES string of the molecule is Cc1c(Br)cccc1C(=O)N1CCN(C(=O)C(C)C)CC1. The Morgan fingerprint density at radius 2 is 1.67 bits per heavy atom. The molecule has 21 heavy (non-hydrogen) atoms. The molecule has 0 aromatic heterocycles. The molecule has 114 valence electrons. The van der Waals surface area contributed by atoms with Crippen LogP contribution in [0.5, 0.6) is 0 Å². The molecule has 0 aliphatic carbocycles. The first-order valence-electron chi connectivity index (χ1n) is 7.25. The van der Waals surface area contributed by atoms with Crippen LogP contribution >= 0.6 is 15.9 Å². The number of hydrogen-bond acceptors (Lipinski definition) is 2. The molecule has 1 aliphatic rings. The molecule has 0 unspecified atom stereocenters. The normalized spacial score (nSPS) is 15.5. The number of rotatable bonds is 2. The lowest BCUT2D eigenvalue weighted by Gasteiger charge is -2.35. The van der Waals surface area contributed by atoms with E-state index in [1.54, 1.807) is 0 Å². The predicted octanol–water partition coefficient (Wildman–Crippen LogP) is 2.70. The van der Waals surface area contributed by atoms with Crippen LogP contribution in [-0.4, -0.2) is 47.8 Å². The smallest absolute Gasteiger partial charge is 0.254 e. The standard InChI is InChI=1S/C16H21BrN2O2/c1-11(2)15(20)18-7-9-19(10-8-18)16(21)13-5-4-6-14(17)12(13)3/h4-6,11H,7-10H2,1-3H3. The van der Waals surface area contributed by atoms with Gasteiger partial charge in [-0.2, -0.15) is 0 Å². The van der Waals surface area contributed by atoms with E-state index < -0.39 is 0 Å². The maximum absolute atomic E-state index is 12.6. The van der Waals surface area contributed by atoms with Crippen molar-refractivity contribution in [2.45, 2.75) is 20.8 Å². The highest BCUT2D eigenvalue weighted by Gasteiger charge is 2.26. The number of hydrogen-bond donors (Lipinski definition) is 0. The molecular weight excluding hydrogens is 332 g/mol. The third-order valence-electron chi connectivity index (χ3n) is 3.87. The topological polar surface area (TPSA) is 40.6 Å². The lowest BCUT2D eigenvalue weighted by Crippen LogP contribution is -2.51. The van der Waals surface area contributed by atoms with Crippen molar-refractivity contribution in [3.8, 4) is 0 Å². The highest BCUT2D eigenvalue weighted by atomic mass is 79.9. The molecule has 1 saturated heterocycles. The van der Waals surface area contributed by atoms with Gasteiger partial charge in [0.25, 0.3) is 5.91 Å². The first kappa shape index (κ1) is 16.0. The van der Waals surface area contributed by atoms with Gasteiger partial charge < -0.3 is 9.80 Å². The predicted molar refractivity (Wildman–Crippen MR) is 86.2 cm³/mol. The zero-order valence-electron chi connectivity index (χ0n) is 12.7. The van der Waals surface area contributed by atoms with Crippen LogP contribution < -0.4 is 0 Å². The van der Waals surface area contributed by atoms with Crippen LogP contribution in [0.4, 0.5) is 0 Å². The summed E-state index contributed by atoms with van der Waals surface area (Å²) in [4.78, 5) is 28.2. The van der Waals surface area contributed by atoms with Crippen LogP contribution in [0.3, 0.4) is 0 Å². The number of nitrogens with zero attached hydrogens (tertiary/aromatic N) is 2. The summed E-state index contributed by atoms with van der Waals surface area (Å²) in [6.07, 6.45) is 0. The van der Waals surface area contributed by atoms with E-state index in [9.17, 15) is 9.59 Å². The van der Waals surface area contributed by atoms with Gasteiger partial charge in [0.1, 0.15) is 0 Å². The average molecular weight is 353 g/mol. The van der Waals surface area contributed by atoms with Crippen molar-refractivity contribution in [2.75, 3.05) is 26.2 Å². The molecule has 0 bridgehead atoms. The molecule has 4 nitrogen and oxygen atoms in total. The van der Waals surface area contributed by atoms with Crippen molar-refractivity contribution in [2.24, 2.45) is 5.92 Å². The van der Waals surface area contributed by atoms with Crippen LogP contribution in [0.2, 0.25) is 0 Å². The van der Waals surface area contributed by atoms with Gasteiger partial charge in [0.05, 0.1) is 0 Å². The number of benzene rings is 1. The summed E-state index contributed by atoms with van der Waals surface area (Å²) in [7, 11) is 0. The molecular formula is C16H21BrN2O2. The minimum Gasteiger partial charge on any atom is -0.339 e. The van der Waals surface area contributed by atoms with E-state index in [2.05, 4.69) is 15.9 Å². The molecule has 5 heteroatoms. The van der Waals surface area contributed by atoms with E-state index in [1.165, 1.54) is 0 Å². The molecule has 1 aliphatic heterocycles. The van der Waals surface area contributed by atoms with E-state index in [0.717, 1.165) is 15.6 Å². The minimum absolute atomic E-state index is 0.0135. The quantitative estimate of drug-likeness (QED) is 0.820. The number of carbonyl (C=O) groups is 2. The van der Waals surface area contributed by atoms with Gasteiger partial charge >= 0.3 is 0 Å². The Bertz CT molecular complexity index is 549. The number of carbonyl (C=O) groups excluding carboxylic acids is 2. The maximum atomic E-state index is 12.6. The van der Waals surface area contributed by atoms with Crippen molar-refractivity contribution < 1.29 is 9.59 Å². The van der Waals surface area contributed by atoms with E-state index in [-0.39, 0.29) is 17.7 Å². The number of amides is 2. The summed E-state index contributed by atoms with van der Waals surface area (Å²) in [6, 6.07) is 5.67. The largest absolute Gasteiger partial charge is 0.339 e. The van der Waals surface area contributed by atoms with Crippen LogP contribution in [0.15, 0.2) is 22.7 Å². The Balaban J connectivity index is 2.04. The van der Waals surface area contributed by atoms with E-state index in [0.29, 0.717) is 26.2 Å². The monoisotopic (exact) mass is 352 g/mol. The molecule has 1 aromatic carbocycles. The van der Waals surface area contributed by atoms with Crippen LogP contribution in [0, 0.1) is 12.8 Å². The summed E-state index contributed by atoms with van der Waals surface area (Å²) >= 11 is 3.46. The Kier molecular flexibility index (Phi) is 5.04. The number of piperazine rings is 1. The Morgan fingerprint density at radius 1 is 1.10 bits per heavy atom. The van der Waals surface area contributed by atoms with Crippen LogP contribution in [-0.2, 0) is 4.79 Å². The summed E-state index contributed by atoms with van der Waals surface area (Å²) in [6.45, 7) is 8.20. The zero-order chi connectivity index (χ0) is 15.6. The van der Waals surface area contributed by atoms with Gasteiger partial charge in [0, 0.05) is 42.1 Å². The average Bonchev–Trinajstić information content (AvgIpc) is 2.48. The molecule has 1 fully saturated rings. The van der Waals surface area contributed by atoms with Gasteiger partial charge in [0.2, 0.25) is 5.91 Å². The van der Waals surface area contributed by atoms with Gasteiger partial charge in [-0.25, -0.2) is 0 Å². The van der Waals surface area contributed by atoms with Gasteiger partial charge in [0.15, 0.2) is 0 Å². The number of halogens is 1. The van der Waals surface area contributed by atoms with Crippen molar-refractivity contribution in [3.63, 3.8) is 0 Å². The maximum Gasteiger partial charge on any atom is 0.254 e. The fraction of sp³-hybridized carbons (Fsp3) is 0.500. The van der Waals surface area contributed by atoms with Crippen molar-refractivity contribution in [1.82, 2.24) is 9.80 Å². The van der Waals surface area contributed by atoms with Crippen LogP contribution in [0.25, 0.3) is 0 Å². The first-order valence-corrected chi connectivity index (χ1v) is 8.04. The molecule has 1 aromatic rings. The molecule has 2 rings (SSSR count). The Labute approximate surface area is 134 Å². The summed E-state index contributed by atoms with van der Waals surface area (Å²) in [5.41, 5.74) is 1.69. The van der Waals surface area contributed by atoms with E-state index >= 15 is 0 Å².